The third-order valence-corrected chi connectivity index (χ3v) is 5.15. The van der Waals surface area contributed by atoms with E-state index >= 15 is 0 Å². The molecule has 3 rings (SSSR count). The summed E-state index contributed by atoms with van der Waals surface area (Å²) in [7, 11) is 0. The molecule has 1 N–H and O–H groups in total. The Labute approximate surface area is 134 Å². The molecule has 1 aromatic rings. The van der Waals surface area contributed by atoms with Crippen molar-refractivity contribution in [2.75, 3.05) is 39.4 Å². The first-order valence-electron chi connectivity index (χ1n) is 7.73. The molecule has 2 fully saturated rings. The molecule has 0 amide bonds. The predicted octanol–water partition coefficient (Wildman–Crippen LogP) is 2.96. The fourth-order valence-electron chi connectivity index (χ4n) is 3.47. The van der Waals surface area contributed by atoms with Crippen LogP contribution in [0.3, 0.4) is 0 Å². The zero-order chi connectivity index (χ0) is 14.7. The van der Waals surface area contributed by atoms with E-state index in [4.69, 9.17) is 4.74 Å². The van der Waals surface area contributed by atoms with E-state index in [1.165, 1.54) is 5.56 Å². The van der Waals surface area contributed by atoms with Gasteiger partial charge in [0.05, 0.1) is 4.47 Å². The maximum absolute atomic E-state index is 13.6. The van der Waals surface area contributed by atoms with Crippen LogP contribution in [0.15, 0.2) is 22.7 Å². The van der Waals surface area contributed by atoms with Crippen LogP contribution < -0.4 is 5.32 Å². The number of benzene rings is 1. The highest BCUT2D eigenvalue weighted by atomic mass is 79.9. The van der Waals surface area contributed by atoms with E-state index in [0.717, 1.165) is 52.2 Å². The van der Waals surface area contributed by atoms with Crippen molar-refractivity contribution in [2.24, 2.45) is 5.92 Å². The Kier molecular flexibility index (Phi) is 5.27. The van der Waals surface area contributed by atoms with Gasteiger partial charge in [0, 0.05) is 45.4 Å². The summed E-state index contributed by atoms with van der Waals surface area (Å²) in [5, 5.41) is 3.41. The number of nitrogens with one attached hydrogen (secondary N) is 1. The molecule has 5 heteroatoms. The minimum Gasteiger partial charge on any atom is -0.381 e. The second-order valence-electron chi connectivity index (χ2n) is 5.85. The molecular weight excluding hydrogens is 335 g/mol. The lowest BCUT2D eigenvalue weighted by Gasteiger charge is -2.41. The van der Waals surface area contributed by atoms with E-state index in [-0.39, 0.29) is 5.82 Å². The van der Waals surface area contributed by atoms with Crippen molar-refractivity contribution in [1.29, 1.82) is 0 Å². The van der Waals surface area contributed by atoms with Crippen molar-refractivity contribution in [1.82, 2.24) is 10.2 Å². The lowest BCUT2D eigenvalue weighted by Crippen LogP contribution is -2.47. The van der Waals surface area contributed by atoms with Crippen LogP contribution >= 0.6 is 15.9 Å². The van der Waals surface area contributed by atoms with Crippen LogP contribution in [0.2, 0.25) is 0 Å². The number of nitrogens with zero attached hydrogens (tertiary/aromatic N) is 1. The average Bonchev–Trinajstić information content (AvgIpc) is 2.53. The SMILES string of the molecule is Fc1ccc([C@H](C2CCOCC2)N2CCNCC2)cc1Br. The summed E-state index contributed by atoms with van der Waals surface area (Å²) in [6.07, 6.45) is 2.17. The zero-order valence-corrected chi connectivity index (χ0v) is 13.7. The van der Waals surface area contributed by atoms with Crippen molar-refractivity contribution in [3.63, 3.8) is 0 Å². The standard InChI is InChI=1S/C16H22BrFN2O/c17-14-11-13(1-2-15(14)18)16(12-3-9-21-10-4-12)20-7-5-19-6-8-20/h1-2,11-12,16,19H,3-10H2/t16-/m0/s1. The Morgan fingerprint density at radius 2 is 1.95 bits per heavy atom. The Balaban J connectivity index is 1.87. The molecule has 21 heavy (non-hydrogen) atoms. The molecule has 1 atom stereocenters. The minimum absolute atomic E-state index is 0.190. The van der Waals surface area contributed by atoms with Gasteiger partial charge in [0.2, 0.25) is 0 Å². The highest BCUT2D eigenvalue weighted by molar-refractivity contribution is 9.10. The molecule has 2 heterocycles. The van der Waals surface area contributed by atoms with Gasteiger partial charge in [0.1, 0.15) is 5.82 Å². The Bertz CT molecular complexity index is 455. The van der Waals surface area contributed by atoms with Crippen molar-refractivity contribution in [3.05, 3.63) is 34.1 Å². The van der Waals surface area contributed by atoms with Gasteiger partial charge < -0.3 is 10.1 Å². The molecular formula is C16H22BrFN2O. The lowest BCUT2D eigenvalue weighted by molar-refractivity contribution is 0.0213. The smallest absolute Gasteiger partial charge is 0.137 e. The number of piperazine rings is 1. The normalized spacial score (nSPS) is 23.1. The fourth-order valence-corrected chi connectivity index (χ4v) is 3.87. The molecule has 0 aliphatic carbocycles. The topological polar surface area (TPSA) is 24.5 Å². The Morgan fingerprint density at radius 1 is 1.24 bits per heavy atom. The summed E-state index contributed by atoms with van der Waals surface area (Å²) >= 11 is 3.33. The molecule has 0 spiro atoms. The van der Waals surface area contributed by atoms with E-state index in [1.807, 2.05) is 12.1 Å². The van der Waals surface area contributed by atoms with E-state index in [1.54, 1.807) is 6.07 Å². The predicted molar refractivity (Wildman–Crippen MR) is 84.8 cm³/mol. The second kappa shape index (κ2) is 7.18. The van der Waals surface area contributed by atoms with Crippen LogP contribution in [-0.2, 0) is 4.74 Å². The summed E-state index contributed by atoms with van der Waals surface area (Å²) in [5.41, 5.74) is 1.22. The van der Waals surface area contributed by atoms with E-state index in [0.29, 0.717) is 16.4 Å². The van der Waals surface area contributed by atoms with Crippen LogP contribution in [0.5, 0.6) is 0 Å². The average molecular weight is 357 g/mol. The maximum atomic E-state index is 13.6. The molecule has 0 aromatic heterocycles. The lowest BCUT2D eigenvalue weighted by atomic mass is 9.85. The molecule has 0 unspecified atom stereocenters. The number of rotatable bonds is 3. The molecule has 3 nitrogen and oxygen atoms in total. The van der Waals surface area contributed by atoms with Gasteiger partial charge in [-0.3, -0.25) is 4.90 Å². The molecule has 0 saturated carbocycles. The van der Waals surface area contributed by atoms with Gasteiger partial charge in [-0.05, 0) is 52.4 Å². The summed E-state index contributed by atoms with van der Waals surface area (Å²) in [6, 6.07) is 5.85. The first-order valence-corrected chi connectivity index (χ1v) is 8.52. The van der Waals surface area contributed by atoms with Gasteiger partial charge in [-0.25, -0.2) is 4.39 Å². The molecule has 116 valence electrons. The maximum Gasteiger partial charge on any atom is 0.137 e. The number of hydrogen-bond acceptors (Lipinski definition) is 3. The van der Waals surface area contributed by atoms with Crippen LogP contribution in [-0.4, -0.2) is 44.3 Å². The highest BCUT2D eigenvalue weighted by Crippen LogP contribution is 2.36. The van der Waals surface area contributed by atoms with E-state index in [9.17, 15) is 4.39 Å². The second-order valence-corrected chi connectivity index (χ2v) is 6.71. The molecule has 1 aromatic carbocycles. The van der Waals surface area contributed by atoms with Gasteiger partial charge in [-0.1, -0.05) is 6.07 Å². The highest BCUT2D eigenvalue weighted by Gasteiger charge is 2.31. The molecule has 0 bridgehead atoms. The Hall–Kier alpha value is -0.490. The number of halogens is 2. The third-order valence-electron chi connectivity index (χ3n) is 4.54. The van der Waals surface area contributed by atoms with Crippen LogP contribution in [0.1, 0.15) is 24.4 Å². The van der Waals surface area contributed by atoms with Gasteiger partial charge in [0.15, 0.2) is 0 Å². The first kappa shape index (κ1) is 15.4. The van der Waals surface area contributed by atoms with Crippen molar-refractivity contribution in [2.45, 2.75) is 18.9 Å². The van der Waals surface area contributed by atoms with Gasteiger partial charge in [0.25, 0.3) is 0 Å². The molecule has 0 radical (unpaired) electrons. The van der Waals surface area contributed by atoms with Crippen molar-refractivity contribution in [3.8, 4) is 0 Å². The van der Waals surface area contributed by atoms with Crippen LogP contribution in [0, 0.1) is 11.7 Å². The summed E-state index contributed by atoms with van der Waals surface area (Å²) in [4.78, 5) is 2.55. The first-order chi connectivity index (χ1) is 10.3. The van der Waals surface area contributed by atoms with Crippen LogP contribution in [0.4, 0.5) is 4.39 Å². The number of hydrogen-bond donors (Lipinski definition) is 1. The molecule has 2 aliphatic heterocycles. The molecule has 2 saturated heterocycles. The minimum atomic E-state index is -0.190. The summed E-state index contributed by atoms with van der Waals surface area (Å²) in [6.45, 7) is 5.85. The molecule has 2 aliphatic rings. The Morgan fingerprint density at radius 3 is 2.62 bits per heavy atom. The van der Waals surface area contributed by atoms with Crippen molar-refractivity contribution >= 4 is 15.9 Å². The third kappa shape index (κ3) is 3.65. The van der Waals surface area contributed by atoms with Gasteiger partial charge in [-0.2, -0.15) is 0 Å². The summed E-state index contributed by atoms with van der Waals surface area (Å²) in [5.74, 6) is 0.402. The largest absolute Gasteiger partial charge is 0.381 e. The monoisotopic (exact) mass is 356 g/mol. The zero-order valence-electron chi connectivity index (χ0n) is 12.2. The fraction of sp³-hybridized carbons (Fsp3) is 0.625. The quantitative estimate of drug-likeness (QED) is 0.900. The van der Waals surface area contributed by atoms with Gasteiger partial charge in [-0.15, -0.1) is 0 Å². The van der Waals surface area contributed by atoms with E-state index in [2.05, 4.69) is 26.1 Å². The van der Waals surface area contributed by atoms with Crippen LogP contribution in [0.25, 0.3) is 0 Å². The van der Waals surface area contributed by atoms with E-state index < -0.39 is 0 Å². The summed E-state index contributed by atoms with van der Waals surface area (Å²) < 4.78 is 19.6. The van der Waals surface area contributed by atoms with Gasteiger partial charge >= 0.3 is 0 Å². The van der Waals surface area contributed by atoms with Crippen molar-refractivity contribution < 1.29 is 9.13 Å². The number of ether oxygens (including phenoxy) is 1.